The van der Waals surface area contributed by atoms with Crippen LogP contribution in [0.3, 0.4) is 0 Å². The number of rotatable bonds is 7. The maximum absolute atomic E-state index is 12.5. The molecule has 0 bridgehead atoms. The first kappa shape index (κ1) is 20.2. The van der Waals surface area contributed by atoms with Crippen LogP contribution in [0, 0.1) is 6.92 Å². The van der Waals surface area contributed by atoms with E-state index < -0.39 is 0 Å². The van der Waals surface area contributed by atoms with E-state index in [1.807, 2.05) is 44.2 Å². The molecule has 0 radical (unpaired) electrons. The fraction of sp³-hybridized carbons (Fsp3) is 0.250. The van der Waals surface area contributed by atoms with Gasteiger partial charge in [0.05, 0.1) is 12.3 Å². The van der Waals surface area contributed by atoms with Gasteiger partial charge in [0, 0.05) is 17.3 Å². The van der Waals surface area contributed by atoms with Crippen LogP contribution in [0.2, 0.25) is 5.02 Å². The summed E-state index contributed by atoms with van der Waals surface area (Å²) in [6, 6.07) is 12.7. The van der Waals surface area contributed by atoms with Crippen LogP contribution in [0.5, 0.6) is 0 Å². The molecule has 0 aliphatic rings. The minimum absolute atomic E-state index is 0.0323. The van der Waals surface area contributed by atoms with Gasteiger partial charge in [-0.3, -0.25) is 9.59 Å². The number of likely N-dealkylation sites (N-methyl/N-ethyl adjacent to an activating group) is 1. The molecule has 0 aliphatic heterocycles. The summed E-state index contributed by atoms with van der Waals surface area (Å²) in [5.74, 6) is -0.287. The number of aryl methyl sites for hydroxylation is 1. The zero-order valence-electron chi connectivity index (χ0n) is 15.6. The van der Waals surface area contributed by atoms with Gasteiger partial charge in [0.25, 0.3) is 5.22 Å². The van der Waals surface area contributed by atoms with E-state index in [1.54, 1.807) is 12.1 Å². The lowest BCUT2D eigenvalue weighted by Gasteiger charge is -2.20. The number of fused-ring (bicyclic) bond motifs is 1. The van der Waals surface area contributed by atoms with Gasteiger partial charge < -0.3 is 14.6 Å². The molecule has 1 aromatic heterocycles. The van der Waals surface area contributed by atoms with Crippen molar-refractivity contribution >= 4 is 52.0 Å². The highest BCUT2D eigenvalue weighted by molar-refractivity contribution is 7.99. The molecule has 0 aliphatic carbocycles. The Hall–Kier alpha value is -2.51. The van der Waals surface area contributed by atoms with Crippen LogP contribution in [0.15, 0.2) is 52.1 Å². The Morgan fingerprint density at radius 3 is 2.79 bits per heavy atom. The number of amides is 2. The maximum Gasteiger partial charge on any atom is 0.257 e. The van der Waals surface area contributed by atoms with E-state index in [-0.39, 0.29) is 24.1 Å². The molecule has 6 nitrogen and oxygen atoms in total. The van der Waals surface area contributed by atoms with Gasteiger partial charge in [0.2, 0.25) is 11.8 Å². The monoisotopic (exact) mass is 417 g/mol. The lowest BCUT2D eigenvalue weighted by molar-refractivity contribution is -0.132. The van der Waals surface area contributed by atoms with Crippen molar-refractivity contribution < 1.29 is 14.0 Å². The standard InChI is InChI=1S/C20H20ClN3O3S/c1-3-24(11-18(25)22-16-10-14(21)9-8-13(16)2)19(26)12-28-20-23-15-6-4-5-7-17(15)27-20/h4-10H,3,11-12H2,1-2H3,(H,22,25). The van der Waals surface area contributed by atoms with Crippen LogP contribution < -0.4 is 5.32 Å². The number of para-hydroxylation sites is 2. The predicted octanol–water partition coefficient (Wildman–Crippen LogP) is 4.37. The number of carbonyl (C=O) groups excluding carboxylic acids is 2. The van der Waals surface area contributed by atoms with Crippen molar-refractivity contribution in [2.45, 2.75) is 19.1 Å². The molecule has 3 aromatic rings. The average molecular weight is 418 g/mol. The molecule has 0 saturated carbocycles. The fourth-order valence-electron chi connectivity index (χ4n) is 2.60. The van der Waals surface area contributed by atoms with Crippen molar-refractivity contribution in [3.8, 4) is 0 Å². The summed E-state index contributed by atoms with van der Waals surface area (Å²) in [6.07, 6.45) is 0. The highest BCUT2D eigenvalue weighted by Gasteiger charge is 2.18. The van der Waals surface area contributed by atoms with Gasteiger partial charge in [0.15, 0.2) is 5.58 Å². The first-order valence-electron chi connectivity index (χ1n) is 8.78. The largest absolute Gasteiger partial charge is 0.431 e. The van der Waals surface area contributed by atoms with Crippen molar-refractivity contribution in [1.82, 2.24) is 9.88 Å². The second kappa shape index (κ2) is 9.12. The smallest absolute Gasteiger partial charge is 0.257 e. The lowest BCUT2D eigenvalue weighted by atomic mass is 10.2. The molecular formula is C20H20ClN3O3S. The predicted molar refractivity (Wildman–Crippen MR) is 112 cm³/mol. The number of nitrogens with zero attached hydrogens (tertiary/aromatic N) is 2. The molecule has 0 atom stereocenters. The van der Waals surface area contributed by atoms with Crippen LogP contribution >= 0.6 is 23.4 Å². The van der Waals surface area contributed by atoms with Crippen molar-refractivity contribution in [2.75, 3.05) is 24.2 Å². The second-order valence-electron chi connectivity index (χ2n) is 6.15. The molecule has 28 heavy (non-hydrogen) atoms. The number of hydrogen-bond donors (Lipinski definition) is 1. The lowest BCUT2D eigenvalue weighted by Crippen LogP contribution is -2.38. The van der Waals surface area contributed by atoms with Gasteiger partial charge in [0.1, 0.15) is 5.52 Å². The summed E-state index contributed by atoms with van der Waals surface area (Å²) in [5.41, 5.74) is 2.97. The minimum Gasteiger partial charge on any atom is -0.431 e. The van der Waals surface area contributed by atoms with E-state index in [4.69, 9.17) is 16.0 Å². The molecular weight excluding hydrogens is 398 g/mol. The maximum atomic E-state index is 12.5. The molecule has 0 unspecified atom stereocenters. The van der Waals surface area contributed by atoms with Gasteiger partial charge in [-0.2, -0.15) is 0 Å². The molecule has 2 aromatic carbocycles. The Morgan fingerprint density at radius 1 is 1.25 bits per heavy atom. The van der Waals surface area contributed by atoms with Crippen molar-refractivity contribution in [3.63, 3.8) is 0 Å². The van der Waals surface area contributed by atoms with Crippen LogP contribution in [0.4, 0.5) is 5.69 Å². The fourth-order valence-corrected chi connectivity index (χ4v) is 3.51. The topological polar surface area (TPSA) is 75.4 Å². The summed E-state index contributed by atoms with van der Waals surface area (Å²) >= 11 is 7.19. The first-order chi connectivity index (χ1) is 13.5. The van der Waals surface area contributed by atoms with Gasteiger partial charge in [-0.05, 0) is 43.7 Å². The molecule has 0 spiro atoms. The zero-order chi connectivity index (χ0) is 20.1. The third-order valence-corrected chi connectivity index (χ3v) is 5.18. The third kappa shape index (κ3) is 5.05. The molecule has 0 saturated heterocycles. The van der Waals surface area contributed by atoms with Crippen molar-refractivity contribution in [3.05, 3.63) is 53.1 Å². The SMILES string of the molecule is CCN(CC(=O)Nc1cc(Cl)ccc1C)C(=O)CSc1nc2ccccc2o1. The number of aromatic nitrogens is 1. The van der Waals surface area contributed by atoms with Crippen LogP contribution in [-0.4, -0.2) is 40.5 Å². The van der Waals surface area contributed by atoms with Crippen molar-refractivity contribution in [2.24, 2.45) is 0 Å². The van der Waals surface area contributed by atoms with Gasteiger partial charge >= 0.3 is 0 Å². The Balaban J connectivity index is 1.56. The Bertz CT molecular complexity index is 972. The van der Waals surface area contributed by atoms with E-state index in [0.717, 1.165) is 11.1 Å². The highest BCUT2D eigenvalue weighted by Crippen LogP contribution is 2.23. The number of oxazole rings is 1. The van der Waals surface area contributed by atoms with Gasteiger partial charge in [-0.1, -0.05) is 41.6 Å². The average Bonchev–Trinajstić information content (AvgIpc) is 3.10. The van der Waals surface area contributed by atoms with E-state index in [1.165, 1.54) is 16.7 Å². The van der Waals surface area contributed by atoms with Crippen LogP contribution in [0.25, 0.3) is 11.1 Å². The van der Waals surface area contributed by atoms with E-state index in [9.17, 15) is 9.59 Å². The van der Waals surface area contributed by atoms with E-state index in [2.05, 4.69) is 10.3 Å². The van der Waals surface area contributed by atoms with E-state index >= 15 is 0 Å². The van der Waals surface area contributed by atoms with Crippen LogP contribution in [-0.2, 0) is 9.59 Å². The first-order valence-corrected chi connectivity index (χ1v) is 10.1. The number of carbonyl (C=O) groups is 2. The third-order valence-electron chi connectivity index (χ3n) is 4.14. The molecule has 1 N–H and O–H groups in total. The van der Waals surface area contributed by atoms with E-state index in [0.29, 0.717) is 28.1 Å². The summed E-state index contributed by atoms with van der Waals surface area (Å²) in [4.78, 5) is 30.7. The summed E-state index contributed by atoms with van der Waals surface area (Å²) in [7, 11) is 0. The Morgan fingerprint density at radius 2 is 2.04 bits per heavy atom. The second-order valence-corrected chi connectivity index (χ2v) is 7.51. The Labute approximate surface area is 172 Å². The Kier molecular flexibility index (Phi) is 6.59. The number of anilines is 1. The number of benzene rings is 2. The number of nitrogens with one attached hydrogen (secondary N) is 1. The molecule has 3 rings (SSSR count). The zero-order valence-corrected chi connectivity index (χ0v) is 17.1. The quantitative estimate of drug-likeness (QED) is 0.578. The number of halogens is 1. The number of thioether (sulfide) groups is 1. The summed E-state index contributed by atoms with van der Waals surface area (Å²) in [5, 5.41) is 3.78. The van der Waals surface area contributed by atoms with Crippen molar-refractivity contribution in [1.29, 1.82) is 0 Å². The molecule has 1 heterocycles. The molecule has 146 valence electrons. The van der Waals surface area contributed by atoms with Crippen LogP contribution in [0.1, 0.15) is 12.5 Å². The molecule has 0 fully saturated rings. The molecule has 8 heteroatoms. The highest BCUT2D eigenvalue weighted by atomic mass is 35.5. The number of hydrogen-bond acceptors (Lipinski definition) is 5. The normalized spacial score (nSPS) is 10.8. The molecule has 2 amide bonds. The summed E-state index contributed by atoms with van der Waals surface area (Å²) in [6.45, 7) is 4.11. The summed E-state index contributed by atoms with van der Waals surface area (Å²) < 4.78 is 5.61. The minimum atomic E-state index is -0.271. The van der Waals surface area contributed by atoms with Gasteiger partial charge in [-0.15, -0.1) is 0 Å². The van der Waals surface area contributed by atoms with Gasteiger partial charge in [-0.25, -0.2) is 4.98 Å².